The number of hydrogen-bond acceptors (Lipinski definition) is 4. The quantitative estimate of drug-likeness (QED) is 0.881. The van der Waals surface area contributed by atoms with Crippen molar-refractivity contribution in [3.05, 3.63) is 30.3 Å². The number of nitrogens with one attached hydrogen (secondary N) is 1. The van der Waals surface area contributed by atoms with E-state index in [1.807, 2.05) is 6.07 Å². The minimum atomic E-state index is -3.39. The van der Waals surface area contributed by atoms with Crippen molar-refractivity contribution in [1.29, 1.82) is 0 Å². The van der Waals surface area contributed by atoms with Gasteiger partial charge in [-0.25, -0.2) is 13.1 Å². The highest BCUT2D eigenvalue weighted by Gasteiger charge is 2.26. The molecular weight excluding hydrogens is 286 g/mol. The van der Waals surface area contributed by atoms with E-state index in [9.17, 15) is 8.42 Å². The van der Waals surface area contributed by atoms with Crippen LogP contribution in [0.25, 0.3) is 0 Å². The smallest absolute Gasteiger partial charge is 0.240 e. The molecule has 2 rings (SSSR count). The largest absolute Gasteiger partial charge is 0.301 e. The van der Waals surface area contributed by atoms with Crippen LogP contribution < -0.4 is 4.72 Å². The minimum absolute atomic E-state index is 0.324. The summed E-state index contributed by atoms with van der Waals surface area (Å²) in [5.74, 6) is 0. The van der Waals surface area contributed by atoms with E-state index in [-0.39, 0.29) is 0 Å². The van der Waals surface area contributed by atoms with E-state index in [1.165, 1.54) is 0 Å². The van der Waals surface area contributed by atoms with E-state index in [0.717, 1.165) is 19.6 Å². The number of hydrogen-bond donors (Lipinski definition) is 1. The molecule has 1 fully saturated rings. The van der Waals surface area contributed by atoms with Crippen LogP contribution in [0, 0.1) is 0 Å². The highest BCUT2D eigenvalue weighted by molar-refractivity contribution is 7.89. The van der Waals surface area contributed by atoms with Crippen LogP contribution >= 0.6 is 0 Å². The average Bonchev–Trinajstić information content (AvgIpc) is 2.45. The second-order valence-electron chi connectivity index (χ2n) is 5.84. The molecule has 2 atom stereocenters. The molecule has 1 aliphatic rings. The van der Waals surface area contributed by atoms with Gasteiger partial charge in [0.15, 0.2) is 0 Å². The number of nitrogens with zero attached hydrogens (tertiary/aromatic N) is 2. The maximum Gasteiger partial charge on any atom is 0.240 e. The summed E-state index contributed by atoms with van der Waals surface area (Å²) in [6.07, 6.45) is 0. The van der Waals surface area contributed by atoms with Crippen LogP contribution in [0.4, 0.5) is 0 Å². The van der Waals surface area contributed by atoms with Gasteiger partial charge in [0, 0.05) is 38.3 Å². The average molecular weight is 311 g/mol. The number of rotatable bonds is 5. The molecule has 0 bridgehead atoms. The third-order valence-electron chi connectivity index (χ3n) is 4.17. The molecule has 1 aromatic carbocycles. The van der Waals surface area contributed by atoms with Crippen molar-refractivity contribution in [2.75, 3.05) is 33.2 Å². The number of benzene rings is 1. The Hall–Kier alpha value is -0.950. The van der Waals surface area contributed by atoms with Crippen LogP contribution in [-0.4, -0.2) is 63.5 Å². The lowest BCUT2D eigenvalue weighted by Gasteiger charge is -2.42. The van der Waals surface area contributed by atoms with Crippen LogP contribution in [0.15, 0.2) is 35.2 Å². The van der Waals surface area contributed by atoms with Gasteiger partial charge in [-0.15, -0.1) is 0 Å². The van der Waals surface area contributed by atoms with Crippen LogP contribution in [-0.2, 0) is 10.0 Å². The van der Waals surface area contributed by atoms with Crippen LogP contribution in [0.5, 0.6) is 0 Å². The molecule has 5 nitrogen and oxygen atoms in total. The van der Waals surface area contributed by atoms with Crippen LogP contribution in [0.3, 0.4) is 0 Å². The topological polar surface area (TPSA) is 52.7 Å². The van der Waals surface area contributed by atoms with Gasteiger partial charge in [0.2, 0.25) is 10.0 Å². The van der Waals surface area contributed by atoms with Gasteiger partial charge < -0.3 is 4.90 Å². The Morgan fingerprint density at radius 2 is 1.81 bits per heavy atom. The van der Waals surface area contributed by atoms with Crippen molar-refractivity contribution in [3.8, 4) is 0 Å². The standard InChI is InChI=1S/C15H25N3O2S/c1-13-12-18(14(2)11-17(13)3)10-9-16-21(19,20)15-7-5-4-6-8-15/h4-8,13-14,16H,9-12H2,1-3H3/t13-,14-/m0/s1. The molecule has 1 N–H and O–H groups in total. The SMILES string of the molecule is C[C@H]1CN(CCNS(=O)(=O)c2ccccc2)[C@@H](C)CN1C. The van der Waals surface area contributed by atoms with E-state index in [0.29, 0.717) is 23.5 Å². The van der Waals surface area contributed by atoms with Gasteiger partial charge in [-0.2, -0.15) is 0 Å². The maximum atomic E-state index is 12.1. The normalized spacial score (nSPS) is 25.1. The summed E-state index contributed by atoms with van der Waals surface area (Å²) in [7, 11) is -1.25. The number of likely N-dealkylation sites (N-methyl/N-ethyl adjacent to an activating group) is 1. The summed E-state index contributed by atoms with van der Waals surface area (Å²) in [5.41, 5.74) is 0. The van der Waals surface area contributed by atoms with Gasteiger partial charge in [-0.05, 0) is 33.0 Å². The van der Waals surface area contributed by atoms with Crippen molar-refractivity contribution in [1.82, 2.24) is 14.5 Å². The zero-order valence-electron chi connectivity index (χ0n) is 13.0. The van der Waals surface area contributed by atoms with E-state index in [4.69, 9.17) is 0 Å². The summed E-state index contributed by atoms with van der Waals surface area (Å²) in [6.45, 7) is 7.57. The molecule has 0 aromatic heterocycles. The van der Waals surface area contributed by atoms with Gasteiger partial charge in [-0.1, -0.05) is 18.2 Å². The first-order valence-electron chi connectivity index (χ1n) is 7.39. The van der Waals surface area contributed by atoms with Gasteiger partial charge in [0.05, 0.1) is 4.90 Å². The zero-order chi connectivity index (χ0) is 15.5. The lowest BCUT2D eigenvalue weighted by Crippen LogP contribution is -2.56. The van der Waals surface area contributed by atoms with E-state index in [2.05, 4.69) is 35.4 Å². The highest BCUT2D eigenvalue weighted by Crippen LogP contribution is 2.13. The number of piperazine rings is 1. The summed E-state index contributed by atoms with van der Waals surface area (Å²) in [5, 5.41) is 0. The molecule has 0 amide bonds. The molecule has 1 aromatic rings. The fraction of sp³-hybridized carbons (Fsp3) is 0.600. The Kier molecular flexibility index (Phi) is 5.37. The third kappa shape index (κ3) is 4.26. The Morgan fingerprint density at radius 3 is 2.48 bits per heavy atom. The molecule has 0 saturated carbocycles. The van der Waals surface area contributed by atoms with E-state index in [1.54, 1.807) is 24.3 Å². The Balaban J connectivity index is 1.87. The molecule has 1 heterocycles. The van der Waals surface area contributed by atoms with Crippen molar-refractivity contribution in [3.63, 3.8) is 0 Å². The molecule has 0 aliphatic carbocycles. The monoisotopic (exact) mass is 311 g/mol. The first-order chi connectivity index (χ1) is 9.90. The molecule has 118 valence electrons. The highest BCUT2D eigenvalue weighted by atomic mass is 32.2. The molecule has 21 heavy (non-hydrogen) atoms. The predicted molar refractivity (Wildman–Crippen MR) is 84.8 cm³/mol. The first kappa shape index (κ1) is 16.4. The maximum absolute atomic E-state index is 12.1. The van der Waals surface area contributed by atoms with E-state index >= 15 is 0 Å². The molecule has 1 saturated heterocycles. The lowest BCUT2D eigenvalue weighted by molar-refractivity contribution is 0.0619. The second-order valence-corrected chi connectivity index (χ2v) is 7.61. The van der Waals surface area contributed by atoms with Gasteiger partial charge >= 0.3 is 0 Å². The molecule has 1 aliphatic heterocycles. The van der Waals surface area contributed by atoms with E-state index < -0.39 is 10.0 Å². The molecular formula is C15H25N3O2S. The van der Waals surface area contributed by atoms with Crippen molar-refractivity contribution in [2.24, 2.45) is 0 Å². The van der Waals surface area contributed by atoms with Gasteiger partial charge in [0.1, 0.15) is 0 Å². The summed E-state index contributed by atoms with van der Waals surface area (Å²) >= 11 is 0. The first-order valence-corrected chi connectivity index (χ1v) is 8.87. The Bertz CT molecular complexity index is 547. The second kappa shape index (κ2) is 6.87. The molecule has 0 unspecified atom stereocenters. The minimum Gasteiger partial charge on any atom is -0.301 e. The Morgan fingerprint density at radius 1 is 1.14 bits per heavy atom. The lowest BCUT2D eigenvalue weighted by atomic mass is 10.1. The summed E-state index contributed by atoms with van der Waals surface area (Å²) in [4.78, 5) is 5.01. The summed E-state index contributed by atoms with van der Waals surface area (Å²) in [6, 6.07) is 9.47. The molecule has 0 spiro atoms. The van der Waals surface area contributed by atoms with Crippen molar-refractivity contribution in [2.45, 2.75) is 30.8 Å². The van der Waals surface area contributed by atoms with Crippen LogP contribution in [0.1, 0.15) is 13.8 Å². The predicted octanol–water partition coefficient (Wildman–Crippen LogP) is 0.989. The Labute approximate surface area is 128 Å². The van der Waals surface area contributed by atoms with Crippen LogP contribution in [0.2, 0.25) is 0 Å². The van der Waals surface area contributed by atoms with Gasteiger partial charge in [-0.3, -0.25) is 4.90 Å². The number of sulfonamides is 1. The fourth-order valence-corrected chi connectivity index (χ4v) is 3.73. The van der Waals surface area contributed by atoms with Gasteiger partial charge in [0.25, 0.3) is 0 Å². The van der Waals surface area contributed by atoms with Crippen molar-refractivity contribution < 1.29 is 8.42 Å². The summed E-state index contributed by atoms with van der Waals surface area (Å²) < 4.78 is 27.0. The third-order valence-corrected chi connectivity index (χ3v) is 5.65. The van der Waals surface area contributed by atoms with Crippen molar-refractivity contribution >= 4 is 10.0 Å². The molecule has 0 radical (unpaired) electrons. The molecule has 6 heteroatoms. The zero-order valence-corrected chi connectivity index (χ0v) is 13.8. The fourth-order valence-electron chi connectivity index (χ4n) is 2.69.